The van der Waals surface area contributed by atoms with Crippen LogP contribution < -0.4 is 14.8 Å². The maximum absolute atomic E-state index is 5.77. The number of anilines is 1. The number of aromatic nitrogens is 1. The summed E-state index contributed by atoms with van der Waals surface area (Å²) in [6.07, 6.45) is 4.47. The number of hydrogen-bond donors (Lipinski definition) is 1. The minimum Gasteiger partial charge on any atom is -0.494 e. The third-order valence-corrected chi connectivity index (χ3v) is 2.63. The van der Waals surface area contributed by atoms with Crippen molar-refractivity contribution in [2.45, 2.75) is 20.3 Å². The molecule has 1 N–H and O–H groups in total. The van der Waals surface area contributed by atoms with Crippen molar-refractivity contribution in [3.05, 3.63) is 42.7 Å². The molecular weight excluding hydrogens is 252 g/mol. The molecule has 0 unspecified atom stereocenters. The molecule has 4 nitrogen and oxygen atoms in total. The summed E-state index contributed by atoms with van der Waals surface area (Å²) in [5, 5.41) is 3.20. The second-order valence-electron chi connectivity index (χ2n) is 4.36. The lowest BCUT2D eigenvalue weighted by atomic mass is 10.3. The van der Waals surface area contributed by atoms with Gasteiger partial charge in [0.2, 0.25) is 0 Å². The second kappa shape index (κ2) is 7.38. The van der Waals surface area contributed by atoms with Crippen LogP contribution in [0.4, 0.5) is 5.69 Å². The van der Waals surface area contributed by atoms with Gasteiger partial charge in [-0.05, 0) is 37.6 Å². The number of nitrogens with one attached hydrogen (secondary N) is 1. The Morgan fingerprint density at radius 2 is 1.75 bits per heavy atom. The van der Waals surface area contributed by atoms with Crippen LogP contribution in [0, 0.1) is 0 Å². The lowest BCUT2D eigenvalue weighted by molar-refractivity contribution is 0.317. The first kappa shape index (κ1) is 14.2. The fourth-order valence-corrected chi connectivity index (χ4v) is 1.74. The topological polar surface area (TPSA) is 43.4 Å². The van der Waals surface area contributed by atoms with Crippen LogP contribution in [0.2, 0.25) is 0 Å². The quantitative estimate of drug-likeness (QED) is 0.824. The molecule has 2 rings (SSSR count). The molecule has 0 aliphatic heterocycles. The van der Waals surface area contributed by atoms with Crippen LogP contribution in [0.1, 0.15) is 20.3 Å². The van der Waals surface area contributed by atoms with Crippen LogP contribution >= 0.6 is 0 Å². The first-order valence-electron chi connectivity index (χ1n) is 6.91. The average molecular weight is 272 g/mol. The van der Waals surface area contributed by atoms with E-state index in [4.69, 9.17) is 9.47 Å². The number of nitrogens with zero attached hydrogens (tertiary/aromatic N) is 1. The lowest BCUT2D eigenvalue weighted by Gasteiger charge is -2.09. The summed E-state index contributed by atoms with van der Waals surface area (Å²) in [5.41, 5.74) is 0.952. The Balaban J connectivity index is 2.00. The third kappa shape index (κ3) is 4.16. The van der Waals surface area contributed by atoms with E-state index in [0.717, 1.165) is 36.8 Å². The van der Waals surface area contributed by atoms with Gasteiger partial charge in [0.1, 0.15) is 17.2 Å². The van der Waals surface area contributed by atoms with Crippen molar-refractivity contribution >= 4 is 5.69 Å². The molecule has 0 aliphatic rings. The van der Waals surface area contributed by atoms with Gasteiger partial charge in [-0.2, -0.15) is 0 Å². The molecule has 0 saturated carbocycles. The summed E-state index contributed by atoms with van der Waals surface area (Å²) in [4.78, 5) is 4.15. The zero-order valence-corrected chi connectivity index (χ0v) is 11.9. The van der Waals surface area contributed by atoms with Crippen LogP contribution in [0.5, 0.6) is 17.2 Å². The van der Waals surface area contributed by atoms with Crippen LogP contribution in [0.15, 0.2) is 42.7 Å². The number of pyridine rings is 1. The molecule has 1 aromatic heterocycles. The Kier molecular flexibility index (Phi) is 5.24. The minimum atomic E-state index is 0.714. The molecule has 1 aromatic carbocycles. The van der Waals surface area contributed by atoms with Gasteiger partial charge in [-0.15, -0.1) is 0 Å². The molecule has 0 amide bonds. The number of ether oxygens (including phenoxy) is 2. The van der Waals surface area contributed by atoms with Gasteiger partial charge >= 0.3 is 0 Å². The van der Waals surface area contributed by atoms with Gasteiger partial charge in [0.05, 0.1) is 24.7 Å². The molecule has 0 saturated heterocycles. The maximum atomic E-state index is 5.77. The van der Waals surface area contributed by atoms with Crippen LogP contribution in [-0.2, 0) is 0 Å². The highest BCUT2D eigenvalue weighted by molar-refractivity contribution is 5.46. The predicted octanol–water partition coefficient (Wildman–Crippen LogP) is 4.09. The summed E-state index contributed by atoms with van der Waals surface area (Å²) in [6.45, 7) is 5.72. The summed E-state index contributed by atoms with van der Waals surface area (Å²) in [7, 11) is 0. The van der Waals surface area contributed by atoms with Gasteiger partial charge in [0.15, 0.2) is 0 Å². The summed E-state index contributed by atoms with van der Waals surface area (Å²) >= 11 is 0. The molecule has 1 heterocycles. The van der Waals surface area contributed by atoms with E-state index in [1.165, 1.54) is 0 Å². The molecule has 106 valence electrons. The maximum Gasteiger partial charge on any atom is 0.147 e. The molecule has 20 heavy (non-hydrogen) atoms. The number of benzene rings is 1. The summed E-state index contributed by atoms with van der Waals surface area (Å²) in [5.74, 6) is 2.34. The summed E-state index contributed by atoms with van der Waals surface area (Å²) < 4.78 is 11.3. The average Bonchev–Trinajstić information content (AvgIpc) is 2.47. The highest BCUT2D eigenvalue weighted by atomic mass is 16.5. The molecule has 0 aliphatic carbocycles. The Morgan fingerprint density at radius 1 is 1.00 bits per heavy atom. The number of rotatable bonds is 7. The fraction of sp³-hybridized carbons (Fsp3) is 0.312. The Labute approximate surface area is 119 Å². The Hall–Kier alpha value is -2.23. The molecule has 0 atom stereocenters. The highest BCUT2D eigenvalue weighted by Crippen LogP contribution is 2.25. The van der Waals surface area contributed by atoms with Gasteiger partial charge in [-0.25, -0.2) is 0 Å². The molecule has 0 fully saturated rings. The Bertz CT molecular complexity index is 526. The van der Waals surface area contributed by atoms with E-state index in [9.17, 15) is 0 Å². The van der Waals surface area contributed by atoms with E-state index < -0.39 is 0 Å². The third-order valence-electron chi connectivity index (χ3n) is 2.63. The van der Waals surface area contributed by atoms with Crippen LogP contribution in [0.25, 0.3) is 0 Å². The largest absolute Gasteiger partial charge is 0.494 e. The fourth-order valence-electron chi connectivity index (χ4n) is 1.74. The van der Waals surface area contributed by atoms with Crippen LogP contribution in [0.3, 0.4) is 0 Å². The normalized spacial score (nSPS) is 10.1. The SMILES string of the molecule is CCCOc1ccc(Oc2cncc(NCC)c2)cc1. The van der Waals surface area contributed by atoms with Crippen LogP contribution in [-0.4, -0.2) is 18.1 Å². The van der Waals surface area contributed by atoms with Gasteiger partial charge in [0.25, 0.3) is 0 Å². The molecule has 0 radical (unpaired) electrons. The number of hydrogen-bond acceptors (Lipinski definition) is 4. The van der Waals surface area contributed by atoms with Gasteiger partial charge in [-0.1, -0.05) is 6.92 Å². The smallest absolute Gasteiger partial charge is 0.147 e. The van der Waals surface area contributed by atoms with Crippen molar-refractivity contribution in [1.82, 2.24) is 4.98 Å². The summed E-state index contributed by atoms with van der Waals surface area (Å²) in [6, 6.07) is 9.53. The van der Waals surface area contributed by atoms with Crippen molar-refractivity contribution in [1.29, 1.82) is 0 Å². The van der Waals surface area contributed by atoms with Crippen molar-refractivity contribution < 1.29 is 9.47 Å². The molecule has 0 spiro atoms. The first-order valence-corrected chi connectivity index (χ1v) is 6.91. The zero-order chi connectivity index (χ0) is 14.2. The predicted molar refractivity (Wildman–Crippen MR) is 80.7 cm³/mol. The monoisotopic (exact) mass is 272 g/mol. The highest BCUT2D eigenvalue weighted by Gasteiger charge is 2.00. The van der Waals surface area contributed by atoms with Gasteiger partial charge < -0.3 is 14.8 Å². The van der Waals surface area contributed by atoms with Crippen molar-refractivity contribution in [2.75, 3.05) is 18.5 Å². The van der Waals surface area contributed by atoms with E-state index in [-0.39, 0.29) is 0 Å². The van der Waals surface area contributed by atoms with Gasteiger partial charge in [-0.3, -0.25) is 4.98 Å². The molecule has 2 aromatic rings. The van der Waals surface area contributed by atoms with Crippen molar-refractivity contribution in [3.8, 4) is 17.2 Å². The minimum absolute atomic E-state index is 0.714. The van der Waals surface area contributed by atoms with Crippen molar-refractivity contribution in [3.63, 3.8) is 0 Å². The first-order chi connectivity index (χ1) is 9.81. The van der Waals surface area contributed by atoms with E-state index in [1.54, 1.807) is 12.4 Å². The lowest BCUT2D eigenvalue weighted by Crippen LogP contribution is -1.97. The van der Waals surface area contributed by atoms with E-state index in [2.05, 4.69) is 17.2 Å². The van der Waals surface area contributed by atoms with E-state index in [0.29, 0.717) is 5.75 Å². The van der Waals surface area contributed by atoms with E-state index in [1.807, 2.05) is 37.3 Å². The Morgan fingerprint density at radius 3 is 2.45 bits per heavy atom. The van der Waals surface area contributed by atoms with Gasteiger partial charge in [0, 0.05) is 12.6 Å². The van der Waals surface area contributed by atoms with Crippen molar-refractivity contribution in [2.24, 2.45) is 0 Å². The second-order valence-corrected chi connectivity index (χ2v) is 4.36. The standard InChI is InChI=1S/C16H20N2O2/c1-3-9-19-14-5-7-15(8-6-14)20-16-10-13(18-4-2)11-17-12-16/h5-8,10-12,18H,3-4,9H2,1-2H3. The molecule has 0 bridgehead atoms. The zero-order valence-electron chi connectivity index (χ0n) is 11.9. The molecular formula is C16H20N2O2. The molecule has 4 heteroatoms. The van der Waals surface area contributed by atoms with E-state index >= 15 is 0 Å².